The van der Waals surface area contributed by atoms with E-state index in [2.05, 4.69) is 38.1 Å². The summed E-state index contributed by atoms with van der Waals surface area (Å²) in [6, 6.07) is 3.20. The van der Waals surface area contributed by atoms with Crippen molar-refractivity contribution in [2.24, 2.45) is 5.92 Å². The molecule has 0 radical (unpaired) electrons. The zero-order valence-corrected chi connectivity index (χ0v) is 15.2. The normalized spacial score (nSPS) is 13.8. The highest BCUT2D eigenvalue weighted by Crippen LogP contribution is 2.30. The van der Waals surface area contributed by atoms with Gasteiger partial charge in [0.05, 0.1) is 11.2 Å². The Hall–Kier alpha value is -2.26. The summed E-state index contributed by atoms with van der Waals surface area (Å²) >= 11 is 5.79. The van der Waals surface area contributed by atoms with Gasteiger partial charge >= 0.3 is 6.03 Å². The molecule has 4 rings (SSSR count). The van der Waals surface area contributed by atoms with Gasteiger partial charge in [-0.05, 0) is 37.8 Å². The fraction of sp³-hybridized carbons (Fsp3) is 0.312. The van der Waals surface area contributed by atoms with E-state index >= 15 is 0 Å². The number of pyridine rings is 1. The quantitative estimate of drug-likeness (QED) is 0.684. The van der Waals surface area contributed by atoms with Crippen LogP contribution in [0, 0.1) is 12.8 Å². The summed E-state index contributed by atoms with van der Waals surface area (Å²) in [6.45, 7) is 2.59. The van der Waals surface area contributed by atoms with E-state index in [1.165, 1.54) is 4.31 Å². The van der Waals surface area contributed by atoms with Crippen molar-refractivity contribution in [2.75, 3.05) is 11.9 Å². The van der Waals surface area contributed by atoms with Crippen LogP contribution in [0.3, 0.4) is 0 Å². The smallest absolute Gasteiger partial charge is 0.291 e. The Morgan fingerprint density at radius 1 is 1.32 bits per heavy atom. The van der Waals surface area contributed by atoms with Crippen molar-refractivity contribution in [3.05, 3.63) is 28.7 Å². The number of anilines is 1. The Bertz CT molecular complexity index is 939. The summed E-state index contributed by atoms with van der Waals surface area (Å²) in [6.07, 6.45) is 4.00. The molecule has 0 aromatic carbocycles. The summed E-state index contributed by atoms with van der Waals surface area (Å²) in [5.74, 6) is 0.996. The minimum atomic E-state index is -0.290. The van der Waals surface area contributed by atoms with E-state index in [-0.39, 0.29) is 6.03 Å². The second-order valence-corrected chi connectivity index (χ2v) is 7.55. The highest BCUT2D eigenvalue weighted by atomic mass is 32.1. The van der Waals surface area contributed by atoms with Gasteiger partial charge in [-0.25, -0.2) is 19.7 Å². The summed E-state index contributed by atoms with van der Waals surface area (Å²) < 4.78 is 1.39. The van der Waals surface area contributed by atoms with Crippen molar-refractivity contribution in [1.29, 1.82) is 0 Å². The molecule has 0 aliphatic heterocycles. The zero-order valence-electron chi connectivity index (χ0n) is 13.5. The minimum Gasteiger partial charge on any atom is -0.291 e. The van der Waals surface area contributed by atoms with E-state index in [4.69, 9.17) is 0 Å². The van der Waals surface area contributed by atoms with Crippen LogP contribution in [0.1, 0.15) is 17.8 Å². The SMILES string of the molecule is Cc1nc(-c2cnc3ccc(NC(=O)N(S)CC4CC4)nc3n2)cs1. The number of hydrogen-bond acceptors (Lipinski definition) is 7. The molecule has 0 saturated heterocycles. The predicted molar refractivity (Wildman–Crippen MR) is 101 cm³/mol. The van der Waals surface area contributed by atoms with Gasteiger partial charge in [0.1, 0.15) is 22.7 Å². The first-order valence-corrected chi connectivity index (χ1v) is 9.20. The Balaban J connectivity index is 1.56. The number of urea groups is 1. The fourth-order valence-corrected chi connectivity index (χ4v) is 3.26. The molecule has 25 heavy (non-hydrogen) atoms. The molecule has 7 nitrogen and oxygen atoms in total. The topological polar surface area (TPSA) is 83.9 Å². The van der Waals surface area contributed by atoms with Crippen LogP contribution in [-0.4, -0.2) is 36.8 Å². The van der Waals surface area contributed by atoms with Crippen molar-refractivity contribution in [2.45, 2.75) is 19.8 Å². The van der Waals surface area contributed by atoms with E-state index in [0.29, 0.717) is 35.1 Å². The van der Waals surface area contributed by atoms with Gasteiger partial charge in [-0.1, -0.05) is 12.8 Å². The molecule has 128 valence electrons. The monoisotopic (exact) mass is 372 g/mol. The summed E-state index contributed by atoms with van der Waals surface area (Å²) in [4.78, 5) is 29.9. The lowest BCUT2D eigenvalue weighted by atomic mass is 10.3. The van der Waals surface area contributed by atoms with Gasteiger partial charge in [-0.2, -0.15) is 0 Å². The maximum absolute atomic E-state index is 12.2. The van der Waals surface area contributed by atoms with Crippen LogP contribution in [0.2, 0.25) is 0 Å². The Kier molecular flexibility index (Phi) is 4.26. The number of rotatable bonds is 4. The van der Waals surface area contributed by atoms with Gasteiger partial charge in [0.15, 0.2) is 5.65 Å². The van der Waals surface area contributed by atoms with E-state index < -0.39 is 0 Å². The molecular weight excluding hydrogens is 356 g/mol. The molecule has 1 aliphatic carbocycles. The lowest BCUT2D eigenvalue weighted by Gasteiger charge is -2.15. The van der Waals surface area contributed by atoms with Crippen molar-refractivity contribution in [3.8, 4) is 11.4 Å². The number of hydrogen-bond donors (Lipinski definition) is 2. The molecule has 1 N–H and O–H groups in total. The summed E-state index contributed by atoms with van der Waals surface area (Å²) in [5, 5.41) is 5.65. The second kappa shape index (κ2) is 6.57. The molecule has 3 aromatic heterocycles. The molecular formula is C16H16N6OS2. The van der Waals surface area contributed by atoms with Crippen LogP contribution < -0.4 is 5.32 Å². The third-order valence-corrected chi connectivity index (χ3v) is 5.00. The number of carbonyl (C=O) groups excluding carboxylic acids is 1. The van der Waals surface area contributed by atoms with Crippen LogP contribution in [0.15, 0.2) is 23.7 Å². The molecule has 3 heterocycles. The van der Waals surface area contributed by atoms with Crippen LogP contribution >= 0.6 is 24.2 Å². The van der Waals surface area contributed by atoms with Crippen molar-refractivity contribution < 1.29 is 4.79 Å². The van der Waals surface area contributed by atoms with Gasteiger partial charge in [0.2, 0.25) is 0 Å². The number of aromatic nitrogens is 4. The Morgan fingerprint density at radius 3 is 2.88 bits per heavy atom. The molecule has 1 fully saturated rings. The molecule has 1 saturated carbocycles. The number of thiol groups is 1. The van der Waals surface area contributed by atoms with Gasteiger partial charge in [-0.3, -0.25) is 14.6 Å². The molecule has 2 amide bonds. The lowest BCUT2D eigenvalue weighted by Crippen LogP contribution is -2.29. The van der Waals surface area contributed by atoms with Gasteiger partial charge in [0, 0.05) is 11.9 Å². The maximum atomic E-state index is 12.2. The average molecular weight is 372 g/mol. The minimum absolute atomic E-state index is 0.290. The van der Waals surface area contributed by atoms with E-state index in [0.717, 1.165) is 23.5 Å². The Labute approximate surface area is 154 Å². The number of amides is 2. The van der Waals surface area contributed by atoms with E-state index in [1.807, 2.05) is 12.3 Å². The summed E-state index contributed by atoms with van der Waals surface area (Å²) in [5.41, 5.74) is 2.57. The molecule has 0 atom stereocenters. The first-order valence-electron chi connectivity index (χ1n) is 7.92. The van der Waals surface area contributed by atoms with E-state index in [1.54, 1.807) is 29.7 Å². The maximum Gasteiger partial charge on any atom is 0.332 e. The number of nitrogens with one attached hydrogen (secondary N) is 1. The molecule has 9 heteroatoms. The zero-order chi connectivity index (χ0) is 17.4. The number of thiazole rings is 1. The predicted octanol–water partition coefficient (Wildman–Crippen LogP) is 3.55. The van der Waals surface area contributed by atoms with Crippen LogP contribution in [0.5, 0.6) is 0 Å². The van der Waals surface area contributed by atoms with Crippen LogP contribution in [0.25, 0.3) is 22.6 Å². The third kappa shape index (κ3) is 3.72. The molecule has 0 spiro atoms. The second-order valence-electron chi connectivity index (χ2n) is 6.00. The molecule has 0 unspecified atom stereocenters. The van der Waals surface area contributed by atoms with Crippen LogP contribution in [0.4, 0.5) is 10.6 Å². The largest absolute Gasteiger partial charge is 0.332 e. The molecule has 3 aromatic rings. The number of carbonyl (C=O) groups is 1. The van der Waals surface area contributed by atoms with Crippen molar-refractivity contribution >= 4 is 47.2 Å². The third-order valence-electron chi connectivity index (χ3n) is 3.89. The highest BCUT2D eigenvalue weighted by molar-refractivity contribution is 7.78. The van der Waals surface area contributed by atoms with E-state index in [9.17, 15) is 4.79 Å². The number of nitrogens with zero attached hydrogens (tertiary/aromatic N) is 5. The van der Waals surface area contributed by atoms with Crippen LogP contribution in [-0.2, 0) is 0 Å². The molecule has 0 bridgehead atoms. The highest BCUT2D eigenvalue weighted by Gasteiger charge is 2.25. The fourth-order valence-electron chi connectivity index (χ4n) is 2.37. The number of aryl methyl sites for hydroxylation is 1. The molecule has 1 aliphatic rings. The first kappa shape index (κ1) is 16.2. The number of fused-ring (bicyclic) bond motifs is 1. The van der Waals surface area contributed by atoms with Crippen molar-refractivity contribution in [3.63, 3.8) is 0 Å². The van der Waals surface area contributed by atoms with Crippen molar-refractivity contribution in [1.82, 2.24) is 24.2 Å². The van der Waals surface area contributed by atoms with Gasteiger partial charge < -0.3 is 0 Å². The Morgan fingerprint density at radius 2 is 2.16 bits per heavy atom. The average Bonchev–Trinajstić information content (AvgIpc) is 3.31. The standard InChI is InChI=1S/C16H16N6OS2/c1-9-18-13(8-25-9)12-6-17-11-4-5-14(20-15(11)19-12)21-16(23)22(24)7-10-2-3-10/h4-6,8,10,24H,2-3,7H2,1H3,(H,19,20,21,23). The lowest BCUT2D eigenvalue weighted by molar-refractivity contribution is 0.238. The first-order chi connectivity index (χ1) is 12.1. The summed E-state index contributed by atoms with van der Waals surface area (Å²) in [7, 11) is 0. The van der Waals surface area contributed by atoms with Gasteiger partial charge in [0.25, 0.3) is 0 Å². The van der Waals surface area contributed by atoms with Gasteiger partial charge in [-0.15, -0.1) is 11.3 Å².